The van der Waals surface area contributed by atoms with Gasteiger partial charge in [-0.25, -0.2) is 4.79 Å². The molecule has 2 rings (SSSR count). The molecule has 0 heterocycles. The summed E-state index contributed by atoms with van der Waals surface area (Å²) in [5.74, 6) is -0.293. The molecule has 1 unspecified atom stereocenters. The molecule has 2 aromatic rings. The second kappa shape index (κ2) is 6.16. The molecule has 1 N–H and O–H groups in total. The van der Waals surface area contributed by atoms with Crippen LogP contribution in [0.1, 0.15) is 11.6 Å². The largest absolute Gasteiger partial charge is 0.468 e. The average molecular weight is 255 g/mol. The van der Waals surface area contributed by atoms with Crippen molar-refractivity contribution in [2.24, 2.45) is 0 Å². The molecule has 19 heavy (non-hydrogen) atoms. The molecule has 2 aromatic carbocycles. The maximum atomic E-state index is 11.9. The third-order valence-corrected chi connectivity index (χ3v) is 3.04. The second-order valence-corrected chi connectivity index (χ2v) is 4.22. The van der Waals surface area contributed by atoms with E-state index in [9.17, 15) is 4.79 Å². The van der Waals surface area contributed by atoms with E-state index in [1.54, 1.807) is 6.08 Å². The number of ether oxygens (including phenoxy) is 1. The fourth-order valence-electron chi connectivity index (χ4n) is 2.14. The highest BCUT2D eigenvalue weighted by atomic mass is 16.5. The number of rotatable bonds is 5. The van der Waals surface area contributed by atoms with E-state index in [1.807, 2.05) is 42.5 Å². The van der Waals surface area contributed by atoms with Crippen molar-refractivity contribution in [1.82, 2.24) is 5.32 Å². The van der Waals surface area contributed by atoms with Gasteiger partial charge in [0.15, 0.2) is 0 Å². The Kier molecular flexibility index (Phi) is 4.31. The number of benzene rings is 2. The fraction of sp³-hybridized carbons (Fsp3) is 0.188. The van der Waals surface area contributed by atoms with Gasteiger partial charge in [0, 0.05) is 6.54 Å². The summed E-state index contributed by atoms with van der Waals surface area (Å²) in [6, 6.07) is 13.4. The smallest absolute Gasteiger partial charge is 0.327 e. The first-order valence-corrected chi connectivity index (χ1v) is 6.17. The van der Waals surface area contributed by atoms with Gasteiger partial charge in [-0.2, -0.15) is 0 Å². The molecule has 3 heteroatoms. The first-order valence-electron chi connectivity index (χ1n) is 6.17. The molecule has 1 atom stereocenters. The van der Waals surface area contributed by atoms with Crippen molar-refractivity contribution >= 4 is 16.7 Å². The first kappa shape index (κ1) is 13.3. The minimum absolute atomic E-state index is 0.293. The monoisotopic (exact) mass is 255 g/mol. The zero-order valence-electron chi connectivity index (χ0n) is 10.9. The maximum absolute atomic E-state index is 11.9. The summed E-state index contributed by atoms with van der Waals surface area (Å²) in [6.07, 6.45) is 1.72. The van der Waals surface area contributed by atoms with Gasteiger partial charge < -0.3 is 4.74 Å². The van der Waals surface area contributed by atoms with E-state index < -0.39 is 6.04 Å². The summed E-state index contributed by atoms with van der Waals surface area (Å²) in [5, 5.41) is 5.29. The lowest BCUT2D eigenvalue weighted by molar-refractivity contribution is -0.143. The van der Waals surface area contributed by atoms with Gasteiger partial charge >= 0.3 is 5.97 Å². The van der Waals surface area contributed by atoms with Gasteiger partial charge in [-0.1, -0.05) is 48.5 Å². The molecule has 0 spiro atoms. The number of hydrogen-bond acceptors (Lipinski definition) is 3. The highest BCUT2D eigenvalue weighted by molar-refractivity contribution is 5.91. The summed E-state index contributed by atoms with van der Waals surface area (Å²) in [7, 11) is 1.40. The standard InChI is InChI=1S/C16H17NO2/c1-3-11-17-15(16(18)19-2)14-10-6-8-12-7-4-5-9-13(12)14/h3-10,15,17H,1,11H2,2H3. The van der Waals surface area contributed by atoms with Crippen LogP contribution in [-0.2, 0) is 9.53 Å². The van der Waals surface area contributed by atoms with Crippen LogP contribution in [0.4, 0.5) is 0 Å². The van der Waals surface area contributed by atoms with Crippen molar-refractivity contribution in [3.8, 4) is 0 Å². The predicted molar refractivity (Wildman–Crippen MR) is 76.9 cm³/mol. The Morgan fingerprint density at radius 2 is 2.05 bits per heavy atom. The number of carbonyl (C=O) groups excluding carboxylic acids is 1. The second-order valence-electron chi connectivity index (χ2n) is 4.22. The predicted octanol–water partition coefficient (Wildman–Crippen LogP) is 2.83. The zero-order valence-corrected chi connectivity index (χ0v) is 10.9. The molecule has 0 bridgehead atoms. The SMILES string of the molecule is C=CCNC(C(=O)OC)c1cccc2ccccc12. The Morgan fingerprint density at radius 3 is 2.79 bits per heavy atom. The quantitative estimate of drug-likeness (QED) is 0.659. The molecule has 0 aliphatic heterocycles. The summed E-state index contributed by atoms with van der Waals surface area (Å²) in [4.78, 5) is 11.9. The number of methoxy groups -OCH3 is 1. The van der Waals surface area contributed by atoms with Gasteiger partial charge in [0.1, 0.15) is 6.04 Å². The van der Waals surface area contributed by atoms with Crippen molar-refractivity contribution in [3.63, 3.8) is 0 Å². The highest BCUT2D eigenvalue weighted by Gasteiger charge is 2.21. The van der Waals surface area contributed by atoms with Crippen LogP contribution >= 0.6 is 0 Å². The van der Waals surface area contributed by atoms with E-state index in [4.69, 9.17) is 4.74 Å². The minimum Gasteiger partial charge on any atom is -0.468 e. The van der Waals surface area contributed by atoms with Crippen LogP contribution < -0.4 is 5.32 Å². The van der Waals surface area contributed by atoms with E-state index in [2.05, 4.69) is 11.9 Å². The van der Waals surface area contributed by atoms with Crippen LogP contribution in [0.2, 0.25) is 0 Å². The maximum Gasteiger partial charge on any atom is 0.327 e. The molecule has 0 saturated heterocycles. The third kappa shape index (κ3) is 2.83. The van der Waals surface area contributed by atoms with E-state index in [1.165, 1.54) is 7.11 Å². The minimum atomic E-state index is -0.478. The number of carbonyl (C=O) groups is 1. The van der Waals surface area contributed by atoms with E-state index in [0.29, 0.717) is 6.54 Å². The molecule has 0 amide bonds. The Morgan fingerprint density at radius 1 is 1.32 bits per heavy atom. The lowest BCUT2D eigenvalue weighted by Gasteiger charge is -2.17. The first-order chi connectivity index (χ1) is 9.27. The van der Waals surface area contributed by atoms with Gasteiger partial charge in [-0.15, -0.1) is 6.58 Å². The van der Waals surface area contributed by atoms with Crippen LogP contribution in [0.3, 0.4) is 0 Å². The molecule has 0 fully saturated rings. The molecule has 0 saturated carbocycles. The van der Waals surface area contributed by atoms with Gasteiger partial charge in [-0.05, 0) is 16.3 Å². The van der Waals surface area contributed by atoms with E-state index in [-0.39, 0.29) is 5.97 Å². The van der Waals surface area contributed by atoms with Crippen molar-refractivity contribution in [1.29, 1.82) is 0 Å². The van der Waals surface area contributed by atoms with Crippen molar-refractivity contribution < 1.29 is 9.53 Å². The lowest BCUT2D eigenvalue weighted by Crippen LogP contribution is -2.29. The van der Waals surface area contributed by atoms with E-state index in [0.717, 1.165) is 16.3 Å². The molecular weight excluding hydrogens is 238 g/mol. The normalized spacial score (nSPS) is 12.1. The van der Waals surface area contributed by atoms with Crippen LogP contribution in [0.5, 0.6) is 0 Å². The van der Waals surface area contributed by atoms with E-state index >= 15 is 0 Å². The summed E-state index contributed by atoms with van der Waals surface area (Å²) in [6.45, 7) is 4.20. The van der Waals surface area contributed by atoms with Crippen LogP contribution in [0.25, 0.3) is 10.8 Å². The molecule has 98 valence electrons. The lowest BCUT2D eigenvalue weighted by atomic mass is 9.98. The van der Waals surface area contributed by atoms with Crippen molar-refractivity contribution in [3.05, 3.63) is 60.7 Å². The number of esters is 1. The number of hydrogen-bond donors (Lipinski definition) is 1. The van der Waals surface area contributed by atoms with Crippen molar-refractivity contribution in [2.75, 3.05) is 13.7 Å². The molecule has 0 aliphatic carbocycles. The number of nitrogens with one attached hydrogen (secondary N) is 1. The summed E-state index contributed by atoms with van der Waals surface area (Å²) >= 11 is 0. The summed E-state index contributed by atoms with van der Waals surface area (Å²) in [5.41, 5.74) is 0.923. The van der Waals surface area contributed by atoms with Crippen LogP contribution in [0, 0.1) is 0 Å². The number of fused-ring (bicyclic) bond motifs is 1. The highest BCUT2D eigenvalue weighted by Crippen LogP contribution is 2.25. The van der Waals surface area contributed by atoms with Crippen molar-refractivity contribution in [2.45, 2.75) is 6.04 Å². The molecular formula is C16H17NO2. The Hall–Kier alpha value is -2.13. The van der Waals surface area contributed by atoms with Gasteiger partial charge in [0.05, 0.1) is 7.11 Å². The molecule has 0 radical (unpaired) electrons. The Bertz CT molecular complexity index is 587. The van der Waals surface area contributed by atoms with Crippen LogP contribution in [0.15, 0.2) is 55.1 Å². The summed E-state index contributed by atoms with van der Waals surface area (Å²) < 4.78 is 4.88. The Balaban J connectivity index is 2.48. The molecule has 3 nitrogen and oxygen atoms in total. The topological polar surface area (TPSA) is 38.3 Å². The Labute approximate surface area is 112 Å². The molecule has 0 aromatic heterocycles. The fourth-order valence-corrected chi connectivity index (χ4v) is 2.14. The van der Waals surface area contributed by atoms with Gasteiger partial charge in [0.2, 0.25) is 0 Å². The van der Waals surface area contributed by atoms with Gasteiger partial charge in [-0.3, -0.25) is 5.32 Å². The van der Waals surface area contributed by atoms with Gasteiger partial charge in [0.25, 0.3) is 0 Å². The third-order valence-electron chi connectivity index (χ3n) is 3.04. The zero-order chi connectivity index (χ0) is 13.7. The average Bonchev–Trinajstić information content (AvgIpc) is 2.47. The van der Waals surface area contributed by atoms with Crippen LogP contribution in [-0.4, -0.2) is 19.6 Å². The molecule has 0 aliphatic rings.